The summed E-state index contributed by atoms with van der Waals surface area (Å²) in [5.41, 5.74) is 1.99. The van der Waals surface area contributed by atoms with Gasteiger partial charge in [-0.3, -0.25) is 0 Å². The van der Waals surface area contributed by atoms with Crippen LogP contribution in [0.3, 0.4) is 0 Å². The number of esters is 1. The van der Waals surface area contributed by atoms with Gasteiger partial charge in [-0.25, -0.2) is 9.78 Å². The summed E-state index contributed by atoms with van der Waals surface area (Å²) in [4.78, 5) is 16.4. The summed E-state index contributed by atoms with van der Waals surface area (Å²) >= 11 is 3.27. The van der Waals surface area contributed by atoms with E-state index in [0.717, 1.165) is 18.5 Å². The Labute approximate surface area is 126 Å². The number of aryl methyl sites for hydroxylation is 1. The molecular weight excluding hydrogens is 322 g/mol. The Morgan fingerprint density at radius 1 is 1.30 bits per heavy atom. The third-order valence-corrected chi connectivity index (χ3v) is 3.21. The lowest BCUT2D eigenvalue weighted by Crippen LogP contribution is -2.10. The van der Waals surface area contributed by atoms with Crippen molar-refractivity contribution in [2.75, 3.05) is 6.61 Å². The van der Waals surface area contributed by atoms with Crippen molar-refractivity contribution < 1.29 is 13.9 Å². The van der Waals surface area contributed by atoms with Crippen molar-refractivity contribution in [3.63, 3.8) is 0 Å². The number of pyridine rings is 1. The fraction of sp³-hybridized carbons (Fsp3) is 0.333. The molecule has 20 heavy (non-hydrogen) atoms. The van der Waals surface area contributed by atoms with Crippen LogP contribution in [0, 0.1) is 0 Å². The van der Waals surface area contributed by atoms with Crippen LogP contribution in [0.5, 0.6) is 0 Å². The minimum absolute atomic E-state index is 0.323. The van der Waals surface area contributed by atoms with E-state index in [2.05, 4.69) is 20.9 Å². The molecule has 0 saturated heterocycles. The van der Waals surface area contributed by atoms with E-state index in [4.69, 9.17) is 9.15 Å². The Morgan fingerprint density at radius 2 is 2.10 bits per heavy atom. The molecule has 2 heterocycles. The molecule has 2 aromatic rings. The van der Waals surface area contributed by atoms with Crippen molar-refractivity contribution in [2.24, 2.45) is 0 Å². The molecule has 2 aromatic heterocycles. The van der Waals surface area contributed by atoms with Gasteiger partial charge in [-0.05, 0) is 53.5 Å². The Bertz CT molecular complexity index is 607. The summed E-state index contributed by atoms with van der Waals surface area (Å²) in [5, 5.41) is 0. The van der Waals surface area contributed by atoms with Gasteiger partial charge in [0.05, 0.1) is 17.9 Å². The van der Waals surface area contributed by atoms with Crippen molar-refractivity contribution in [1.82, 2.24) is 4.98 Å². The van der Waals surface area contributed by atoms with Gasteiger partial charge in [0, 0.05) is 0 Å². The molecule has 106 valence electrons. The predicted octanol–water partition coefficient (Wildman–Crippen LogP) is 4.23. The first-order valence-electron chi connectivity index (χ1n) is 6.58. The number of halogens is 1. The van der Waals surface area contributed by atoms with Crippen LogP contribution in [0.2, 0.25) is 0 Å². The van der Waals surface area contributed by atoms with E-state index in [1.807, 2.05) is 19.1 Å². The number of carbonyl (C=O) groups excluding carboxylic acids is 1. The molecule has 5 heteroatoms. The van der Waals surface area contributed by atoms with Crippen LogP contribution in [0.15, 0.2) is 33.4 Å². The summed E-state index contributed by atoms with van der Waals surface area (Å²) in [6.45, 7) is 4.20. The van der Waals surface area contributed by atoms with Crippen LogP contribution in [-0.4, -0.2) is 17.6 Å². The van der Waals surface area contributed by atoms with E-state index in [1.54, 1.807) is 19.1 Å². The molecule has 4 nitrogen and oxygen atoms in total. The lowest BCUT2D eigenvalue weighted by Gasteiger charge is -2.08. The van der Waals surface area contributed by atoms with Crippen LogP contribution in [0.4, 0.5) is 0 Å². The third-order valence-electron chi connectivity index (χ3n) is 2.78. The first kappa shape index (κ1) is 14.8. The number of nitrogens with zero attached hydrogens (tertiary/aromatic N) is 1. The molecule has 0 aliphatic heterocycles. The zero-order valence-electron chi connectivity index (χ0n) is 11.5. The van der Waals surface area contributed by atoms with E-state index in [1.165, 1.54) is 0 Å². The minimum atomic E-state index is -0.323. The Kier molecular flexibility index (Phi) is 4.95. The highest BCUT2D eigenvalue weighted by Gasteiger charge is 2.15. The Hall–Kier alpha value is -1.62. The normalized spacial score (nSPS) is 10.6. The average Bonchev–Trinajstić information content (AvgIpc) is 2.86. The monoisotopic (exact) mass is 337 g/mol. The fourth-order valence-corrected chi connectivity index (χ4v) is 2.22. The van der Waals surface area contributed by atoms with Crippen LogP contribution in [0.25, 0.3) is 11.5 Å². The maximum Gasteiger partial charge on any atom is 0.339 e. The van der Waals surface area contributed by atoms with Gasteiger partial charge < -0.3 is 9.15 Å². The van der Waals surface area contributed by atoms with Crippen LogP contribution in [-0.2, 0) is 11.2 Å². The lowest BCUT2D eigenvalue weighted by molar-refractivity contribution is 0.0524. The zero-order chi connectivity index (χ0) is 14.5. The lowest BCUT2D eigenvalue weighted by atomic mass is 10.1. The molecule has 0 aromatic carbocycles. The highest BCUT2D eigenvalue weighted by molar-refractivity contribution is 9.10. The summed E-state index contributed by atoms with van der Waals surface area (Å²) in [5.74, 6) is 0.347. The Morgan fingerprint density at radius 3 is 2.70 bits per heavy atom. The third kappa shape index (κ3) is 3.28. The number of hydrogen-bond donors (Lipinski definition) is 0. The number of hydrogen-bond acceptors (Lipinski definition) is 4. The highest BCUT2D eigenvalue weighted by Crippen LogP contribution is 2.25. The summed E-state index contributed by atoms with van der Waals surface area (Å²) in [6, 6.07) is 7.18. The van der Waals surface area contributed by atoms with Crippen molar-refractivity contribution in [1.29, 1.82) is 0 Å². The van der Waals surface area contributed by atoms with E-state index < -0.39 is 0 Å². The molecule has 0 atom stereocenters. The smallest absolute Gasteiger partial charge is 0.339 e. The maximum absolute atomic E-state index is 11.9. The number of furan rings is 1. The topological polar surface area (TPSA) is 52.3 Å². The van der Waals surface area contributed by atoms with Crippen LogP contribution in [0.1, 0.15) is 36.3 Å². The molecule has 0 spiro atoms. The van der Waals surface area contributed by atoms with Gasteiger partial charge in [-0.15, -0.1) is 0 Å². The first-order valence-corrected chi connectivity index (χ1v) is 7.37. The quantitative estimate of drug-likeness (QED) is 0.766. The zero-order valence-corrected chi connectivity index (χ0v) is 13.1. The second kappa shape index (κ2) is 6.70. The molecule has 0 radical (unpaired) electrons. The number of aromatic nitrogens is 1. The van der Waals surface area contributed by atoms with Crippen LogP contribution < -0.4 is 0 Å². The van der Waals surface area contributed by atoms with Gasteiger partial charge in [0.25, 0.3) is 0 Å². The Balaban J connectivity index is 2.39. The molecule has 0 amide bonds. The van der Waals surface area contributed by atoms with Crippen LogP contribution >= 0.6 is 15.9 Å². The fourth-order valence-electron chi connectivity index (χ4n) is 1.91. The SMILES string of the molecule is CCCc1nc(-c2ccc(Br)o2)ccc1C(=O)OCC. The average molecular weight is 338 g/mol. The number of rotatable bonds is 5. The summed E-state index contributed by atoms with van der Waals surface area (Å²) < 4.78 is 11.2. The van der Waals surface area contributed by atoms with Crippen molar-refractivity contribution >= 4 is 21.9 Å². The van der Waals surface area contributed by atoms with Gasteiger partial charge in [-0.1, -0.05) is 13.3 Å². The van der Waals surface area contributed by atoms with Gasteiger partial charge in [0.2, 0.25) is 0 Å². The second-order valence-electron chi connectivity index (χ2n) is 4.26. The molecule has 0 aliphatic carbocycles. The molecule has 0 N–H and O–H groups in total. The maximum atomic E-state index is 11.9. The number of ether oxygens (including phenoxy) is 1. The number of carbonyl (C=O) groups is 1. The van der Waals surface area contributed by atoms with Gasteiger partial charge in [0.1, 0.15) is 5.69 Å². The second-order valence-corrected chi connectivity index (χ2v) is 5.05. The predicted molar refractivity (Wildman–Crippen MR) is 79.6 cm³/mol. The largest absolute Gasteiger partial charge is 0.462 e. The molecule has 0 fully saturated rings. The standard InChI is InChI=1S/C15H16BrNO3/c1-3-5-11-10(15(18)19-4-2)6-7-12(17-11)13-8-9-14(16)20-13/h6-9H,3-5H2,1-2H3. The highest BCUT2D eigenvalue weighted by atomic mass is 79.9. The minimum Gasteiger partial charge on any atom is -0.462 e. The molecule has 0 bridgehead atoms. The molecular formula is C15H16BrNO3. The molecule has 0 unspecified atom stereocenters. The van der Waals surface area contributed by atoms with Crippen molar-refractivity contribution in [2.45, 2.75) is 26.7 Å². The van der Waals surface area contributed by atoms with Gasteiger partial charge in [0.15, 0.2) is 10.4 Å². The molecule has 0 aliphatic rings. The van der Waals surface area contributed by atoms with Crippen molar-refractivity contribution in [3.8, 4) is 11.5 Å². The van der Waals surface area contributed by atoms with E-state index in [-0.39, 0.29) is 5.97 Å². The summed E-state index contributed by atoms with van der Waals surface area (Å²) in [7, 11) is 0. The first-order chi connectivity index (χ1) is 9.65. The van der Waals surface area contributed by atoms with E-state index >= 15 is 0 Å². The van der Waals surface area contributed by atoms with Gasteiger partial charge >= 0.3 is 5.97 Å². The van der Waals surface area contributed by atoms with E-state index in [0.29, 0.717) is 28.3 Å². The van der Waals surface area contributed by atoms with Crippen molar-refractivity contribution in [3.05, 3.63) is 40.2 Å². The molecule has 0 saturated carbocycles. The van der Waals surface area contributed by atoms with E-state index in [9.17, 15) is 4.79 Å². The van der Waals surface area contributed by atoms with Gasteiger partial charge in [-0.2, -0.15) is 0 Å². The molecule has 2 rings (SSSR count). The summed E-state index contributed by atoms with van der Waals surface area (Å²) in [6.07, 6.45) is 1.63.